The summed E-state index contributed by atoms with van der Waals surface area (Å²) in [4.78, 5) is 13.7. The zero-order chi connectivity index (χ0) is 14.8. The molecule has 1 aromatic heterocycles. The highest BCUT2D eigenvalue weighted by Gasteiger charge is 2.30. The monoisotopic (exact) mass is 285 g/mol. The fourth-order valence-electron chi connectivity index (χ4n) is 2.40. The lowest BCUT2D eigenvalue weighted by Gasteiger charge is -2.22. The molecule has 1 aliphatic rings. The Balaban J connectivity index is 1.82. The lowest BCUT2D eigenvalue weighted by molar-refractivity contribution is 0.101. The number of benzene rings is 1. The maximum atomic E-state index is 11.4. The first-order valence-corrected chi connectivity index (χ1v) is 7.13. The van der Waals surface area contributed by atoms with E-state index >= 15 is 0 Å². The minimum absolute atomic E-state index is 0.0189. The summed E-state index contributed by atoms with van der Waals surface area (Å²) in [5.41, 5.74) is 1.67. The van der Waals surface area contributed by atoms with Gasteiger partial charge in [-0.3, -0.25) is 9.89 Å². The Morgan fingerprint density at radius 1 is 1.43 bits per heavy atom. The fourth-order valence-corrected chi connectivity index (χ4v) is 2.40. The van der Waals surface area contributed by atoms with Gasteiger partial charge in [-0.05, 0) is 30.5 Å². The van der Waals surface area contributed by atoms with E-state index in [1.165, 1.54) is 25.3 Å². The van der Waals surface area contributed by atoms with Gasteiger partial charge in [0.15, 0.2) is 5.78 Å². The molecule has 1 aliphatic carbocycles. The van der Waals surface area contributed by atoms with Crippen LogP contribution in [0.5, 0.6) is 5.75 Å². The zero-order valence-corrected chi connectivity index (χ0v) is 12.3. The van der Waals surface area contributed by atoms with Gasteiger partial charge in [0.05, 0.1) is 7.11 Å². The average Bonchev–Trinajstić information content (AvgIpc) is 3.21. The third kappa shape index (κ3) is 3.07. The highest BCUT2D eigenvalue weighted by Crippen LogP contribution is 2.32. The van der Waals surface area contributed by atoms with Crippen LogP contribution < -0.4 is 9.64 Å². The normalized spacial score (nSPS) is 14.0. The van der Waals surface area contributed by atoms with Gasteiger partial charge < -0.3 is 9.64 Å². The van der Waals surface area contributed by atoms with Crippen LogP contribution in [0.3, 0.4) is 0 Å². The summed E-state index contributed by atoms with van der Waals surface area (Å²) in [6.07, 6.45) is 2.36. The predicted molar refractivity (Wildman–Crippen MR) is 80.8 cm³/mol. The first-order chi connectivity index (χ1) is 10.2. The molecule has 5 heteroatoms. The molecule has 0 spiro atoms. The molecule has 2 aromatic rings. The van der Waals surface area contributed by atoms with Gasteiger partial charge in [0.25, 0.3) is 0 Å². The largest absolute Gasteiger partial charge is 0.497 e. The van der Waals surface area contributed by atoms with Gasteiger partial charge >= 0.3 is 0 Å². The Hall–Kier alpha value is -2.30. The van der Waals surface area contributed by atoms with Gasteiger partial charge in [-0.2, -0.15) is 5.10 Å². The molecular formula is C16H19N3O2. The Bertz CT molecular complexity index is 646. The number of nitrogens with one attached hydrogen (secondary N) is 1. The van der Waals surface area contributed by atoms with E-state index in [-0.39, 0.29) is 5.78 Å². The molecular weight excluding hydrogens is 266 g/mol. The summed E-state index contributed by atoms with van der Waals surface area (Å²) in [5.74, 6) is 1.75. The molecule has 1 N–H and O–H groups in total. The van der Waals surface area contributed by atoms with Crippen LogP contribution in [0.1, 0.15) is 35.8 Å². The number of nitrogens with zero attached hydrogens (tertiary/aromatic N) is 2. The topological polar surface area (TPSA) is 58.2 Å². The van der Waals surface area contributed by atoms with Gasteiger partial charge in [0.2, 0.25) is 0 Å². The lowest BCUT2D eigenvalue weighted by atomic mass is 10.2. The standard InChI is InChI=1S/C16H19N3O2/c1-11(20)15-9-16(18-17-15)19(13-6-7-13)10-12-4-3-5-14(8-12)21-2/h3-5,8-9,13H,6-7,10H2,1-2H3,(H,17,18). The van der Waals surface area contributed by atoms with Gasteiger partial charge in [-0.15, -0.1) is 0 Å². The van der Waals surface area contributed by atoms with Crippen LogP contribution in [0.2, 0.25) is 0 Å². The fraction of sp³-hybridized carbons (Fsp3) is 0.375. The Morgan fingerprint density at radius 2 is 2.24 bits per heavy atom. The molecule has 0 aliphatic heterocycles. The van der Waals surface area contributed by atoms with Gasteiger partial charge in [0.1, 0.15) is 17.3 Å². The number of carbonyl (C=O) groups excluding carboxylic acids is 1. The van der Waals surface area contributed by atoms with Crippen molar-refractivity contribution in [2.45, 2.75) is 32.4 Å². The maximum absolute atomic E-state index is 11.4. The van der Waals surface area contributed by atoms with E-state index in [1.54, 1.807) is 7.11 Å². The smallest absolute Gasteiger partial charge is 0.180 e. The van der Waals surface area contributed by atoms with Crippen LogP contribution >= 0.6 is 0 Å². The second-order valence-electron chi connectivity index (χ2n) is 5.41. The summed E-state index contributed by atoms with van der Waals surface area (Å²) in [7, 11) is 1.67. The molecule has 0 saturated heterocycles. The molecule has 1 heterocycles. The van der Waals surface area contributed by atoms with Crippen molar-refractivity contribution in [1.82, 2.24) is 10.2 Å². The van der Waals surface area contributed by atoms with Crippen molar-refractivity contribution in [3.05, 3.63) is 41.6 Å². The number of methoxy groups -OCH3 is 1. The second-order valence-corrected chi connectivity index (χ2v) is 5.41. The Labute approximate surface area is 123 Å². The number of aromatic nitrogens is 2. The minimum Gasteiger partial charge on any atom is -0.497 e. The highest BCUT2D eigenvalue weighted by molar-refractivity contribution is 5.92. The van der Waals surface area contributed by atoms with Crippen molar-refractivity contribution in [3.8, 4) is 5.75 Å². The van der Waals surface area contributed by atoms with Gasteiger partial charge in [-0.25, -0.2) is 0 Å². The molecule has 110 valence electrons. The lowest BCUT2D eigenvalue weighted by Crippen LogP contribution is -2.25. The predicted octanol–water partition coefficient (Wildman–Crippen LogP) is 2.79. The number of H-pyrrole nitrogens is 1. The summed E-state index contributed by atoms with van der Waals surface area (Å²) in [6.45, 7) is 2.31. The summed E-state index contributed by atoms with van der Waals surface area (Å²) >= 11 is 0. The molecule has 5 nitrogen and oxygen atoms in total. The molecule has 21 heavy (non-hydrogen) atoms. The molecule has 3 rings (SSSR count). The summed E-state index contributed by atoms with van der Waals surface area (Å²) in [6, 6.07) is 10.4. The van der Waals surface area contributed by atoms with Crippen molar-refractivity contribution in [2.24, 2.45) is 0 Å². The van der Waals surface area contributed by atoms with Crippen molar-refractivity contribution >= 4 is 11.6 Å². The van der Waals surface area contributed by atoms with Crippen molar-refractivity contribution in [3.63, 3.8) is 0 Å². The van der Waals surface area contributed by atoms with Crippen LogP contribution in [0.15, 0.2) is 30.3 Å². The average molecular weight is 285 g/mol. The number of aromatic amines is 1. The molecule has 0 unspecified atom stereocenters. The Kier molecular flexibility index (Phi) is 3.64. The number of carbonyl (C=O) groups is 1. The third-order valence-electron chi connectivity index (χ3n) is 3.71. The van der Waals surface area contributed by atoms with Crippen LogP contribution in [-0.2, 0) is 6.54 Å². The van der Waals surface area contributed by atoms with E-state index in [4.69, 9.17) is 4.74 Å². The number of hydrogen-bond donors (Lipinski definition) is 1. The molecule has 1 aromatic carbocycles. The number of anilines is 1. The number of Topliss-reactive ketones (excluding diaryl/α,β-unsaturated/α-hetero) is 1. The quantitative estimate of drug-likeness (QED) is 0.829. The van der Waals surface area contributed by atoms with E-state index in [9.17, 15) is 4.79 Å². The van der Waals surface area contributed by atoms with E-state index < -0.39 is 0 Å². The number of ether oxygens (including phenoxy) is 1. The van der Waals surface area contributed by atoms with Crippen molar-refractivity contribution in [1.29, 1.82) is 0 Å². The molecule has 1 fully saturated rings. The van der Waals surface area contributed by atoms with E-state index in [0.717, 1.165) is 18.1 Å². The molecule has 0 radical (unpaired) electrons. The molecule has 0 bridgehead atoms. The van der Waals surface area contributed by atoms with Gasteiger partial charge in [0, 0.05) is 25.6 Å². The van der Waals surface area contributed by atoms with Crippen LogP contribution in [-0.4, -0.2) is 29.1 Å². The van der Waals surface area contributed by atoms with Crippen LogP contribution in [0.4, 0.5) is 5.82 Å². The van der Waals surface area contributed by atoms with Gasteiger partial charge in [-0.1, -0.05) is 12.1 Å². The highest BCUT2D eigenvalue weighted by atomic mass is 16.5. The second kappa shape index (κ2) is 5.60. The SMILES string of the molecule is COc1cccc(CN(c2cc(C(C)=O)n[nH]2)C2CC2)c1. The number of rotatable bonds is 6. The summed E-state index contributed by atoms with van der Waals surface area (Å²) in [5, 5.41) is 7.06. The molecule has 0 amide bonds. The van der Waals surface area contributed by atoms with E-state index in [1.807, 2.05) is 24.3 Å². The van der Waals surface area contributed by atoms with E-state index in [0.29, 0.717) is 11.7 Å². The maximum Gasteiger partial charge on any atom is 0.180 e. The Morgan fingerprint density at radius 3 is 2.86 bits per heavy atom. The van der Waals surface area contributed by atoms with Crippen molar-refractivity contribution in [2.75, 3.05) is 12.0 Å². The third-order valence-corrected chi connectivity index (χ3v) is 3.71. The van der Waals surface area contributed by atoms with Crippen LogP contribution in [0.25, 0.3) is 0 Å². The van der Waals surface area contributed by atoms with E-state index in [2.05, 4.69) is 21.2 Å². The molecule has 1 saturated carbocycles. The zero-order valence-electron chi connectivity index (χ0n) is 12.3. The summed E-state index contributed by atoms with van der Waals surface area (Å²) < 4.78 is 5.27. The van der Waals surface area contributed by atoms with Crippen LogP contribution in [0, 0.1) is 0 Å². The first kappa shape index (κ1) is 13.7. The number of hydrogen-bond acceptors (Lipinski definition) is 4. The first-order valence-electron chi connectivity index (χ1n) is 7.13. The molecule has 0 atom stereocenters. The minimum atomic E-state index is -0.0189. The van der Waals surface area contributed by atoms with Crippen molar-refractivity contribution < 1.29 is 9.53 Å². The number of ketones is 1.